The highest BCUT2D eigenvalue weighted by atomic mass is 19.1. The number of benzene rings is 1. The van der Waals surface area contributed by atoms with Crippen LogP contribution >= 0.6 is 0 Å². The summed E-state index contributed by atoms with van der Waals surface area (Å²) in [4.78, 5) is 0. The van der Waals surface area contributed by atoms with E-state index in [2.05, 4.69) is 25.2 Å². The lowest BCUT2D eigenvalue weighted by molar-refractivity contribution is 0.117. The number of rotatable bonds is 5. The second-order valence-corrected chi connectivity index (χ2v) is 5.39. The third kappa shape index (κ3) is 4.06. The lowest BCUT2D eigenvalue weighted by Gasteiger charge is -2.27. The molecule has 1 N–H and O–H groups in total. The van der Waals surface area contributed by atoms with Crippen LogP contribution in [-0.2, 0) is 4.74 Å². The first-order chi connectivity index (χ1) is 9.16. The van der Waals surface area contributed by atoms with Crippen molar-refractivity contribution in [1.29, 1.82) is 0 Å². The third-order valence-corrected chi connectivity index (χ3v) is 3.48. The summed E-state index contributed by atoms with van der Waals surface area (Å²) in [7, 11) is 0. The van der Waals surface area contributed by atoms with Crippen LogP contribution in [0.4, 0.5) is 4.39 Å². The van der Waals surface area contributed by atoms with E-state index < -0.39 is 0 Å². The summed E-state index contributed by atoms with van der Waals surface area (Å²) in [5.41, 5.74) is 1.13. The minimum absolute atomic E-state index is 0.188. The number of halogens is 1. The zero-order valence-electron chi connectivity index (χ0n) is 11.6. The molecule has 2 rings (SSSR count). The van der Waals surface area contributed by atoms with Crippen molar-refractivity contribution < 1.29 is 9.13 Å². The van der Waals surface area contributed by atoms with Crippen molar-refractivity contribution in [3.63, 3.8) is 0 Å². The van der Waals surface area contributed by atoms with E-state index in [9.17, 15) is 4.39 Å². The summed E-state index contributed by atoms with van der Waals surface area (Å²) >= 11 is 0. The molecule has 2 nitrogen and oxygen atoms in total. The Kier molecular flexibility index (Phi) is 4.97. The molecule has 0 radical (unpaired) electrons. The molecule has 3 heteroatoms. The van der Waals surface area contributed by atoms with Gasteiger partial charge in [-0.3, -0.25) is 0 Å². The lowest BCUT2D eigenvalue weighted by Crippen LogP contribution is -2.34. The average molecular weight is 263 g/mol. The molecular weight excluding hydrogens is 241 g/mol. The highest BCUT2D eigenvalue weighted by molar-refractivity contribution is 5.20. The van der Waals surface area contributed by atoms with Gasteiger partial charge in [-0.2, -0.15) is 0 Å². The normalized spacial score (nSPS) is 20.3. The van der Waals surface area contributed by atoms with Gasteiger partial charge >= 0.3 is 0 Å². The largest absolute Gasteiger partial charge is 0.497 e. The summed E-state index contributed by atoms with van der Waals surface area (Å²) in [6.07, 6.45) is 6.22. The molecule has 1 aromatic rings. The molecule has 1 aliphatic rings. The Morgan fingerprint density at radius 3 is 2.63 bits per heavy atom. The van der Waals surface area contributed by atoms with Crippen LogP contribution < -0.4 is 5.32 Å². The van der Waals surface area contributed by atoms with E-state index in [1.54, 1.807) is 6.26 Å². The fourth-order valence-corrected chi connectivity index (χ4v) is 2.40. The van der Waals surface area contributed by atoms with Gasteiger partial charge in [0.25, 0.3) is 0 Å². The Bertz CT molecular complexity index is 413. The maximum absolute atomic E-state index is 13.0. The molecular formula is C16H22FNO. The van der Waals surface area contributed by atoms with Gasteiger partial charge in [-0.05, 0) is 42.5 Å². The number of hydrogen-bond donors (Lipinski definition) is 1. The molecule has 0 bridgehead atoms. The van der Waals surface area contributed by atoms with Gasteiger partial charge in [-0.15, -0.1) is 0 Å². The van der Waals surface area contributed by atoms with Crippen molar-refractivity contribution in [2.75, 3.05) is 6.54 Å². The van der Waals surface area contributed by atoms with Gasteiger partial charge in [0, 0.05) is 12.6 Å². The van der Waals surface area contributed by atoms with Crippen LogP contribution in [0.2, 0.25) is 0 Å². The molecule has 0 aromatic heterocycles. The molecule has 1 aromatic carbocycles. The Morgan fingerprint density at radius 2 is 2.05 bits per heavy atom. The quantitative estimate of drug-likeness (QED) is 0.872. The molecule has 104 valence electrons. The summed E-state index contributed by atoms with van der Waals surface area (Å²) in [5, 5.41) is 3.54. The number of hydrogen-bond acceptors (Lipinski definition) is 2. The number of allylic oxidation sites excluding steroid dienone is 1. The predicted molar refractivity (Wildman–Crippen MR) is 75.2 cm³/mol. The Hall–Kier alpha value is -1.35. The van der Waals surface area contributed by atoms with Gasteiger partial charge in [0.15, 0.2) is 0 Å². The molecule has 1 aliphatic heterocycles. The molecule has 0 fully saturated rings. The van der Waals surface area contributed by atoms with Gasteiger partial charge in [0.05, 0.1) is 6.26 Å². The Morgan fingerprint density at radius 1 is 1.32 bits per heavy atom. The molecule has 0 spiro atoms. The second-order valence-electron chi connectivity index (χ2n) is 5.39. The third-order valence-electron chi connectivity index (χ3n) is 3.48. The monoisotopic (exact) mass is 263 g/mol. The first kappa shape index (κ1) is 14.1. The minimum atomic E-state index is -0.188. The number of ether oxygens (including phenoxy) is 1. The van der Waals surface area contributed by atoms with Gasteiger partial charge < -0.3 is 10.1 Å². The van der Waals surface area contributed by atoms with Gasteiger partial charge in [0.1, 0.15) is 11.9 Å². The second kappa shape index (κ2) is 6.71. The van der Waals surface area contributed by atoms with Crippen molar-refractivity contribution >= 4 is 0 Å². The fraction of sp³-hybridized carbons (Fsp3) is 0.500. The standard InChI is InChI=1S/C16H22FNO/c1-12(2)16(13-6-8-14(17)9-7-13)18-11-15-5-3-4-10-19-15/h4,6-10,12,15-16,18H,3,5,11H2,1-2H3. The molecule has 2 atom stereocenters. The SMILES string of the molecule is CC(C)C(NCC1CCC=CO1)c1ccc(F)cc1. The summed E-state index contributed by atoms with van der Waals surface area (Å²) in [6.45, 7) is 5.16. The summed E-state index contributed by atoms with van der Waals surface area (Å²) in [6, 6.07) is 6.98. The molecule has 19 heavy (non-hydrogen) atoms. The maximum atomic E-state index is 13.0. The molecule has 0 saturated heterocycles. The topological polar surface area (TPSA) is 21.3 Å². The van der Waals surface area contributed by atoms with Crippen LogP contribution in [0.1, 0.15) is 38.3 Å². The smallest absolute Gasteiger partial charge is 0.123 e. The highest BCUT2D eigenvalue weighted by Crippen LogP contribution is 2.22. The molecule has 2 unspecified atom stereocenters. The fourth-order valence-electron chi connectivity index (χ4n) is 2.40. The van der Waals surface area contributed by atoms with Crippen molar-refractivity contribution in [2.24, 2.45) is 5.92 Å². The van der Waals surface area contributed by atoms with E-state index in [1.165, 1.54) is 12.1 Å². The van der Waals surface area contributed by atoms with Crippen molar-refractivity contribution in [2.45, 2.75) is 38.8 Å². The van der Waals surface area contributed by atoms with Crippen LogP contribution in [0.25, 0.3) is 0 Å². The predicted octanol–water partition coefficient (Wildman–Crippen LogP) is 3.81. The maximum Gasteiger partial charge on any atom is 0.123 e. The van der Waals surface area contributed by atoms with Crippen molar-refractivity contribution in [3.8, 4) is 0 Å². The van der Waals surface area contributed by atoms with Crippen molar-refractivity contribution in [3.05, 3.63) is 48.0 Å². The van der Waals surface area contributed by atoms with E-state index in [0.29, 0.717) is 5.92 Å². The van der Waals surface area contributed by atoms with Crippen molar-refractivity contribution in [1.82, 2.24) is 5.32 Å². The average Bonchev–Trinajstić information content (AvgIpc) is 2.42. The van der Waals surface area contributed by atoms with E-state index in [0.717, 1.165) is 24.9 Å². The summed E-state index contributed by atoms with van der Waals surface area (Å²) < 4.78 is 18.5. The highest BCUT2D eigenvalue weighted by Gasteiger charge is 2.18. The molecule has 0 aliphatic carbocycles. The van der Waals surface area contributed by atoms with Crippen LogP contribution in [0.5, 0.6) is 0 Å². The number of nitrogens with one attached hydrogen (secondary N) is 1. The van der Waals surface area contributed by atoms with E-state index in [4.69, 9.17) is 4.74 Å². The van der Waals surface area contributed by atoms with Crippen LogP contribution in [-0.4, -0.2) is 12.6 Å². The molecule has 0 saturated carbocycles. The Labute approximate surface area is 114 Å². The molecule has 1 heterocycles. The minimum Gasteiger partial charge on any atom is -0.497 e. The van der Waals surface area contributed by atoms with E-state index >= 15 is 0 Å². The molecule has 0 amide bonds. The lowest BCUT2D eigenvalue weighted by atomic mass is 9.95. The first-order valence-electron chi connectivity index (χ1n) is 6.96. The first-order valence-corrected chi connectivity index (χ1v) is 6.96. The zero-order valence-corrected chi connectivity index (χ0v) is 11.6. The van der Waals surface area contributed by atoms with E-state index in [1.807, 2.05) is 12.1 Å². The zero-order chi connectivity index (χ0) is 13.7. The van der Waals surface area contributed by atoms with E-state index in [-0.39, 0.29) is 18.0 Å². The van der Waals surface area contributed by atoms with Crippen LogP contribution in [0.15, 0.2) is 36.6 Å². The van der Waals surface area contributed by atoms with Gasteiger partial charge in [0.2, 0.25) is 0 Å². The van der Waals surface area contributed by atoms with Crippen LogP contribution in [0.3, 0.4) is 0 Å². The van der Waals surface area contributed by atoms with Gasteiger partial charge in [-0.1, -0.05) is 26.0 Å². The van der Waals surface area contributed by atoms with Crippen LogP contribution in [0, 0.1) is 11.7 Å². The summed E-state index contributed by atoms with van der Waals surface area (Å²) in [5.74, 6) is 0.261. The Balaban J connectivity index is 1.96. The van der Waals surface area contributed by atoms with Gasteiger partial charge in [-0.25, -0.2) is 4.39 Å².